The van der Waals surface area contributed by atoms with Crippen LogP contribution in [0.4, 0.5) is 0 Å². The molecule has 7 nitrogen and oxygen atoms in total. The number of hydrogen-bond donors (Lipinski definition) is 1. The number of aryl methyl sites for hydroxylation is 1. The van der Waals surface area contributed by atoms with E-state index in [9.17, 15) is 14.3 Å². The van der Waals surface area contributed by atoms with Crippen molar-refractivity contribution in [1.29, 1.82) is 0 Å². The Morgan fingerprint density at radius 2 is 1.47 bits per heavy atom. The van der Waals surface area contributed by atoms with Gasteiger partial charge < -0.3 is 13.8 Å². The molecule has 3 aromatic carbocycles. The van der Waals surface area contributed by atoms with Crippen LogP contribution in [0.15, 0.2) is 84.5 Å². The molecule has 0 amide bonds. The molecule has 1 aromatic heterocycles. The van der Waals surface area contributed by atoms with Crippen LogP contribution in [0, 0.1) is 6.92 Å². The van der Waals surface area contributed by atoms with Crippen molar-refractivity contribution in [3.63, 3.8) is 0 Å². The summed E-state index contributed by atoms with van der Waals surface area (Å²) in [5.74, 6) is 0.240. The molecule has 4 rings (SSSR count). The first-order valence-electron chi connectivity index (χ1n) is 16.9. The van der Waals surface area contributed by atoms with E-state index in [1.165, 1.54) is 75.2 Å². The van der Waals surface area contributed by atoms with Crippen LogP contribution in [0.2, 0.25) is 0 Å². The highest BCUT2D eigenvalue weighted by Crippen LogP contribution is 2.46. The number of aromatic nitrogens is 1. The molecule has 1 N–H and O–H groups in total. The quantitative estimate of drug-likeness (QED) is 0.0385. The number of ketones is 1. The Hall–Kier alpha value is -3.45. The summed E-state index contributed by atoms with van der Waals surface area (Å²) in [7, 11) is -4.69. The number of phosphoric acid groups is 1. The SMILES string of the molecule is CCCCCCCCCCCCCCOc1ccc(C(=O)c2ccccc2)c(OP(=O)(O)Oc2cccc(C[n+]3csc(C)c3)c2)c1. The van der Waals surface area contributed by atoms with E-state index in [2.05, 4.69) is 6.92 Å². The third-order valence-electron chi connectivity index (χ3n) is 7.92. The van der Waals surface area contributed by atoms with Crippen LogP contribution >= 0.6 is 19.2 Å². The fraction of sp³-hybridized carbons (Fsp3) is 0.421. The molecule has 0 aliphatic rings. The third-order valence-corrected chi connectivity index (χ3v) is 9.64. The van der Waals surface area contributed by atoms with Crippen LogP contribution in [0.1, 0.15) is 110 Å². The average molecular weight is 679 g/mol. The lowest BCUT2D eigenvalue weighted by molar-refractivity contribution is -0.683. The molecule has 0 aliphatic heterocycles. The molecule has 0 spiro atoms. The van der Waals surface area contributed by atoms with E-state index < -0.39 is 7.82 Å². The normalized spacial score (nSPS) is 12.4. The van der Waals surface area contributed by atoms with Crippen LogP contribution in [0.5, 0.6) is 17.2 Å². The predicted octanol–water partition coefficient (Wildman–Crippen LogP) is 10.3. The lowest BCUT2D eigenvalue weighted by atomic mass is 10.0. The summed E-state index contributed by atoms with van der Waals surface area (Å²) in [6.45, 7) is 5.38. The molecule has 0 saturated carbocycles. The molecule has 1 unspecified atom stereocenters. The van der Waals surface area contributed by atoms with Gasteiger partial charge in [-0.25, -0.2) is 4.57 Å². The van der Waals surface area contributed by atoms with Crippen LogP contribution in [0.3, 0.4) is 0 Å². The maximum atomic E-state index is 13.4. The van der Waals surface area contributed by atoms with Crippen molar-refractivity contribution >= 4 is 24.9 Å². The Kier molecular flexibility index (Phi) is 15.0. The summed E-state index contributed by atoms with van der Waals surface area (Å²) in [5.41, 5.74) is 3.50. The highest BCUT2D eigenvalue weighted by atomic mass is 32.1. The monoisotopic (exact) mass is 678 g/mol. The van der Waals surface area contributed by atoms with Crippen LogP contribution in [-0.4, -0.2) is 17.3 Å². The molecule has 9 heteroatoms. The van der Waals surface area contributed by atoms with E-state index >= 15 is 0 Å². The number of unbranched alkanes of at least 4 members (excludes halogenated alkanes) is 11. The van der Waals surface area contributed by atoms with Gasteiger partial charge in [0.1, 0.15) is 17.2 Å². The summed E-state index contributed by atoms with van der Waals surface area (Å²) < 4.78 is 32.4. The largest absolute Gasteiger partial charge is 0.584 e. The first kappa shape index (κ1) is 36.4. The van der Waals surface area contributed by atoms with Gasteiger partial charge in [-0.1, -0.05) is 131 Å². The molecule has 4 aromatic rings. The molecule has 1 heterocycles. The van der Waals surface area contributed by atoms with E-state index in [4.69, 9.17) is 13.8 Å². The van der Waals surface area contributed by atoms with Gasteiger partial charge in [0, 0.05) is 17.2 Å². The van der Waals surface area contributed by atoms with Crippen molar-refractivity contribution in [1.82, 2.24) is 0 Å². The standard InChI is InChI=1S/C38H48NO6PS/c1-3-4-5-6-7-8-9-10-11-12-13-17-25-43-34-23-24-36(38(40)33-20-15-14-16-21-33)37(27-34)45-46(41,42)44-35-22-18-19-32(26-35)29-39-28-31(2)47-30-39/h14-16,18-24,26-28,30H,3-13,17,25,29H2,1-2H3/p+1. The van der Waals surface area contributed by atoms with Gasteiger partial charge in [-0.05, 0) is 37.6 Å². The minimum absolute atomic E-state index is 0.0719. The summed E-state index contributed by atoms with van der Waals surface area (Å²) in [6.07, 6.45) is 17.1. The molecule has 252 valence electrons. The summed E-state index contributed by atoms with van der Waals surface area (Å²) in [5, 5.41) is 0. The average Bonchev–Trinajstić information content (AvgIpc) is 3.47. The van der Waals surface area contributed by atoms with Crippen molar-refractivity contribution < 1.29 is 32.6 Å². The van der Waals surface area contributed by atoms with Crippen molar-refractivity contribution in [2.24, 2.45) is 0 Å². The first-order chi connectivity index (χ1) is 22.8. The van der Waals surface area contributed by atoms with E-state index in [-0.39, 0.29) is 22.8 Å². The maximum Gasteiger partial charge on any atom is 0.584 e. The second-order valence-electron chi connectivity index (χ2n) is 12.0. The Morgan fingerprint density at radius 3 is 2.13 bits per heavy atom. The minimum Gasteiger partial charge on any atom is -0.493 e. The molecule has 0 saturated heterocycles. The minimum atomic E-state index is -4.69. The van der Waals surface area contributed by atoms with Gasteiger partial charge in [0.25, 0.3) is 0 Å². The Bertz CT molecular complexity index is 1570. The number of thiazole rings is 1. The number of carbonyl (C=O) groups is 1. The van der Waals surface area contributed by atoms with Crippen molar-refractivity contribution in [3.8, 4) is 17.2 Å². The second kappa shape index (κ2) is 19.4. The zero-order valence-corrected chi connectivity index (χ0v) is 29.5. The zero-order chi connectivity index (χ0) is 33.3. The zero-order valence-electron chi connectivity index (χ0n) is 27.8. The summed E-state index contributed by atoms with van der Waals surface area (Å²) >= 11 is 1.64. The maximum absolute atomic E-state index is 13.4. The van der Waals surface area contributed by atoms with Crippen LogP contribution in [-0.2, 0) is 11.1 Å². The lowest BCUT2D eigenvalue weighted by Crippen LogP contribution is -2.30. The van der Waals surface area contributed by atoms with Gasteiger partial charge in [-0.2, -0.15) is 4.57 Å². The number of benzene rings is 3. The number of hydrogen-bond acceptors (Lipinski definition) is 6. The van der Waals surface area contributed by atoms with Crippen molar-refractivity contribution in [3.05, 3.63) is 106 Å². The number of nitrogens with zero attached hydrogens (tertiary/aromatic N) is 1. The summed E-state index contributed by atoms with van der Waals surface area (Å²) in [6, 6.07) is 20.5. The van der Waals surface area contributed by atoms with E-state index in [0.29, 0.717) is 24.5 Å². The Morgan fingerprint density at radius 1 is 0.787 bits per heavy atom. The van der Waals surface area contributed by atoms with Gasteiger partial charge in [-0.3, -0.25) is 9.69 Å². The van der Waals surface area contributed by atoms with Gasteiger partial charge in [0.15, 0.2) is 18.5 Å². The van der Waals surface area contributed by atoms with E-state index in [0.717, 1.165) is 18.4 Å². The lowest BCUT2D eigenvalue weighted by Gasteiger charge is -2.17. The van der Waals surface area contributed by atoms with E-state index in [1.807, 2.05) is 35.3 Å². The molecule has 0 radical (unpaired) electrons. The van der Waals surface area contributed by atoms with Gasteiger partial charge >= 0.3 is 7.82 Å². The predicted molar refractivity (Wildman–Crippen MR) is 189 cm³/mol. The van der Waals surface area contributed by atoms with Gasteiger partial charge in [0.05, 0.1) is 17.0 Å². The van der Waals surface area contributed by atoms with Crippen LogP contribution in [0.25, 0.3) is 0 Å². The Labute approximate surface area is 284 Å². The highest BCUT2D eigenvalue weighted by molar-refractivity contribution is 7.48. The first-order valence-corrected chi connectivity index (χ1v) is 19.3. The number of carbonyl (C=O) groups excluding carboxylic acids is 1. The summed E-state index contributed by atoms with van der Waals surface area (Å²) in [4.78, 5) is 25.4. The smallest absolute Gasteiger partial charge is 0.493 e. The van der Waals surface area contributed by atoms with Gasteiger partial charge in [0.2, 0.25) is 5.51 Å². The fourth-order valence-corrected chi connectivity index (χ4v) is 6.90. The van der Waals surface area contributed by atoms with E-state index in [1.54, 1.807) is 65.9 Å². The second-order valence-corrected chi connectivity index (χ2v) is 14.4. The molecule has 0 bridgehead atoms. The van der Waals surface area contributed by atoms with Crippen LogP contribution < -0.4 is 18.4 Å². The van der Waals surface area contributed by atoms with Crippen molar-refractivity contribution in [2.45, 2.75) is 97.4 Å². The third kappa shape index (κ3) is 12.9. The van der Waals surface area contributed by atoms with Crippen molar-refractivity contribution in [2.75, 3.05) is 6.61 Å². The molecular formula is C38H49NO6PS+. The molecule has 1 atom stereocenters. The highest BCUT2D eigenvalue weighted by Gasteiger charge is 2.29. The number of ether oxygens (including phenoxy) is 1. The number of phosphoric ester groups is 1. The Balaban J connectivity index is 1.34. The topological polar surface area (TPSA) is 85.9 Å². The molecule has 47 heavy (non-hydrogen) atoms. The van der Waals surface area contributed by atoms with Gasteiger partial charge in [-0.15, -0.1) is 0 Å². The molecule has 0 fully saturated rings. The molecule has 0 aliphatic carbocycles. The fourth-order valence-electron chi connectivity index (χ4n) is 5.45. The molecular weight excluding hydrogens is 629 g/mol. The number of rotatable bonds is 22.